The largest absolute Gasteiger partial charge is 0.469 e. The second kappa shape index (κ2) is 4.57. The average molecular weight is 251 g/mol. The molecule has 0 fully saturated rings. The number of carbonyl (C=O) groups is 1. The van der Waals surface area contributed by atoms with E-state index in [9.17, 15) is 9.90 Å². The SMILES string of the molecule is CCOC(=O)c1cnc2c(c1)CC(O)C(C)(C)O2. The van der Waals surface area contributed by atoms with E-state index in [2.05, 4.69) is 4.98 Å². The van der Waals surface area contributed by atoms with Crippen LogP contribution in [0.2, 0.25) is 0 Å². The van der Waals surface area contributed by atoms with Crippen LogP contribution in [0.1, 0.15) is 36.7 Å². The van der Waals surface area contributed by atoms with E-state index in [0.29, 0.717) is 24.5 Å². The fraction of sp³-hybridized carbons (Fsp3) is 0.538. The Labute approximate surface area is 106 Å². The van der Waals surface area contributed by atoms with Crippen LogP contribution in [0.3, 0.4) is 0 Å². The maximum atomic E-state index is 11.6. The highest BCUT2D eigenvalue weighted by Gasteiger charge is 2.36. The molecule has 2 rings (SSSR count). The third-order valence-electron chi connectivity index (χ3n) is 3.01. The van der Waals surface area contributed by atoms with E-state index in [4.69, 9.17) is 9.47 Å². The molecule has 98 valence electrons. The second-order valence-electron chi connectivity index (χ2n) is 4.83. The average Bonchev–Trinajstić information content (AvgIpc) is 2.30. The molecular formula is C13H17NO4. The topological polar surface area (TPSA) is 68.7 Å². The molecule has 1 atom stereocenters. The van der Waals surface area contributed by atoms with Gasteiger partial charge in [0, 0.05) is 18.2 Å². The van der Waals surface area contributed by atoms with Gasteiger partial charge < -0.3 is 14.6 Å². The predicted molar refractivity (Wildman–Crippen MR) is 64.6 cm³/mol. The summed E-state index contributed by atoms with van der Waals surface area (Å²) in [6, 6.07) is 1.67. The van der Waals surface area contributed by atoms with Gasteiger partial charge in [0.25, 0.3) is 0 Å². The molecule has 1 N–H and O–H groups in total. The summed E-state index contributed by atoms with van der Waals surface area (Å²) in [6.45, 7) is 5.68. The molecule has 0 aliphatic carbocycles. The summed E-state index contributed by atoms with van der Waals surface area (Å²) in [5.41, 5.74) is 0.448. The molecule has 5 heteroatoms. The van der Waals surface area contributed by atoms with Crippen molar-refractivity contribution in [1.82, 2.24) is 4.98 Å². The van der Waals surface area contributed by atoms with Crippen LogP contribution >= 0.6 is 0 Å². The van der Waals surface area contributed by atoms with Gasteiger partial charge in [0.05, 0.1) is 18.3 Å². The van der Waals surface area contributed by atoms with Crippen molar-refractivity contribution in [3.8, 4) is 5.88 Å². The first-order valence-electron chi connectivity index (χ1n) is 5.97. The Kier molecular flexibility index (Phi) is 3.26. The van der Waals surface area contributed by atoms with E-state index in [-0.39, 0.29) is 0 Å². The monoisotopic (exact) mass is 251 g/mol. The lowest BCUT2D eigenvalue weighted by Gasteiger charge is -2.36. The van der Waals surface area contributed by atoms with Crippen LogP contribution in [0.5, 0.6) is 5.88 Å². The molecule has 0 saturated heterocycles. The minimum atomic E-state index is -0.661. The third kappa shape index (κ3) is 2.31. The smallest absolute Gasteiger partial charge is 0.339 e. The first kappa shape index (κ1) is 12.8. The molecule has 1 aromatic rings. The van der Waals surface area contributed by atoms with E-state index in [1.807, 2.05) is 13.8 Å². The number of fused-ring (bicyclic) bond motifs is 1. The van der Waals surface area contributed by atoms with Crippen LogP contribution in [0.25, 0.3) is 0 Å². The normalized spacial score (nSPS) is 20.8. The lowest BCUT2D eigenvalue weighted by Crippen LogP contribution is -2.46. The van der Waals surface area contributed by atoms with Gasteiger partial charge in [0.15, 0.2) is 0 Å². The first-order chi connectivity index (χ1) is 8.44. The van der Waals surface area contributed by atoms with E-state index >= 15 is 0 Å². The van der Waals surface area contributed by atoms with Gasteiger partial charge in [-0.2, -0.15) is 0 Å². The Balaban J connectivity index is 2.29. The number of rotatable bonds is 2. The number of nitrogens with zero attached hydrogens (tertiary/aromatic N) is 1. The number of aromatic nitrogens is 1. The molecule has 5 nitrogen and oxygen atoms in total. The van der Waals surface area contributed by atoms with Crippen molar-refractivity contribution < 1.29 is 19.4 Å². The zero-order valence-corrected chi connectivity index (χ0v) is 10.8. The number of carbonyl (C=O) groups excluding carboxylic acids is 1. The maximum Gasteiger partial charge on any atom is 0.339 e. The summed E-state index contributed by atoms with van der Waals surface area (Å²) in [6.07, 6.45) is 1.23. The van der Waals surface area contributed by atoms with E-state index in [1.54, 1.807) is 13.0 Å². The molecule has 0 bridgehead atoms. The molecule has 0 radical (unpaired) electrons. The molecule has 18 heavy (non-hydrogen) atoms. The summed E-state index contributed by atoms with van der Waals surface area (Å²) in [7, 11) is 0. The van der Waals surface area contributed by atoms with Gasteiger partial charge in [-0.25, -0.2) is 9.78 Å². The van der Waals surface area contributed by atoms with Crippen LogP contribution in [-0.2, 0) is 11.2 Å². The lowest BCUT2D eigenvalue weighted by molar-refractivity contribution is -0.0443. The quantitative estimate of drug-likeness (QED) is 0.803. The maximum absolute atomic E-state index is 11.6. The molecule has 0 spiro atoms. The zero-order chi connectivity index (χ0) is 13.3. The van der Waals surface area contributed by atoms with Crippen molar-refractivity contribution in [3.63, 3.8) is 0 Å². The predicted octanol–water partition coefficient (Wildman–Crippen LogP) is 1.33. The van der Waals surface area contributed by atoms with E-state index in [0.717, 1.165) is 5.56 Å². The van der Waals surface area contributed by atoms with Gasteiger partial charge in [-0.05, 0) is 26.8 Å². The summed E-state index contributed by atoms with van der Waals surface area (Å²) in [4.78, 5) is 15.7. The highest BCUT2D eigenvalue weighted by Crippen LogP contribution is 2.31. The molecule has 1 aromatic heterocycles. The van der Waals surface area contributed by atoms with Crippen molar-refractivity contribution in [3.05, 3.63) is 23.4 Å². The molecule has 2 heterocycles. The van der Waals surface area contributed by atoms with E-state index in [1.165, 1.54) is 6.20 Å². The molecule has 1 aliphatic rings. The highest BCUT2D eigenvalue weighted by molar-refractivity contribution is 5.89. The minimum absolute atomic E-state index is 0.322. The number of aliphatic hydroxyl groups is 1. The van der Waals surface area contributed by atoms with Crippen LogP contribution in [0.4, 0.5) is 0 Å². The van der Waals surface area contributed by atoms with Crippen LogP contribution in [-0.4, -0.2) is 34.4 Å². The van der Waals surface area contributed by atoms with Gasteiger partial charge in [-0.1, -0.05) is 0 Å². The number of ether oxygens (including phenoxy) is 2. The molecular weight excluding hydrogens is 234 g/mol. The Morgan fingerprint density at radius 1 is 1.67 bits per heavy atom. The van der Waals surface area contributed by atoms with Gasteiger partial charge in [-0.3, -0.25) is 0 Å². The number of hydrogen-bond acceptors (Lipinski definition) is 5. The fourth-order valence-corrected chi connectivity index (χ4v) is 1.83. The van der Waals surface area contributed by atoms with Crippen LogP contribution < -0.4 is 4.74 Å². The zero-order valence-electron chi connectivity index (χ0n) is 10.8. The fourth-order valence-electron chi connectivity index (χ4n) is 1.83. The van der Waals surface area contributed by atoms with Crippen molar-refractivity contribution in [2.45, 2.75) is 38.9 Å². The molecule has 1 aliphatic heterocycles. The number of pyridine rings is 1. The van der Waals surface area contributed by atoms with Crippen molar-refractivity contribution in [1.29, 1.82) is 0 Å². The Hall–Kier alpha value is -1.62. The number of aliphatic hydroxyl groups excluding tert-OH is 1. The van der Waals surface area contributed by atoms with Gasteiger partial charge >= 0.3 is 5.97 Å². The standard InChI is InChI=1S/C13H17NO4/c1-4-17-12(16)9-5-8-6-10(15)13(2,3)18-11(8)14-7-9/h5,7,10,15H,4,6H2,1-3H3. The summed E-state index contributed by atoms with van der Waals surface area (Å²) < 4.78 is 10.5. The first-order valence-corrected chi connectivity index (χ1v) is 5.97. The highest BCUT2D eigenvalue weighted by atomic mass is 16.5. The summed E-state index contributed by atoms with van der Waals surface area (Å²) in [5.74, 6) is 0.0606. The van der Waals surface area contributed by atoms with Crippen molar-refractivity contribution in [2.24, 2.45) is 0 Å². The minimum Gasteiger partial charge on any atom is -0.469 e. The number of hydrogen-bond donors (Lipinski definition) is 1. The molecule has 0 saturated carbocycles. The summed E-state index contributed by atoms with van der Waals surface area (Å²) in [5, 5.41) is 9.95. The molecule has 0 aromatic carbocycles. The van der Waals surface area contributed by atoms with Crippen molar-refractivity contribution in [2.75, 3.05) is 6.61 Å². The van der Waals surface area contributed by atoms with Gasteiger partial charge in [0.2, 0.25) is 5.88 Å². The second-order valence-corrected chi connectivity index (χ2v) is 4.83. The molecule has 1 unspecified atom stereocenters. The third-order valence-corrected chi connectivity index (χ3v) is 3.01. The Morgan fingerprint density at radius 3 is 3.06 bits per heavy atom. The Bertz CT molecular complexity index is 470. The Morgan fingerprint density at radius 2 is 2.39 bits per heavy atom. The molecule has 0 amide bonds. The lowest BCUT2D eigenvalue weighted by atomic mass is 9.92. The van der Waals surface area contributed by atoms with Crippen LogP contribution in [0.15, 0.2) is 12.3 Å². The van der Waals surface area contributed by atoms with Gasteiger partial charge in [-0.15, -0.1) is 0 Å². The van der Waals surface area contributed by atoms with E-state index < -0.39 is 17.7 Å². The number of esters is 1. The van der Waals surface area contributed by atoms with Crippen molar-refractivity contribution >= 4 is 5.97 Å². The summed E-state index contributed by atoms with van der Waals surface area (Å²) >= 11 is 0. The van der Waals surface area contributed by atoms with Crippen LogP contribution in [0, 0.1) is 0 Å². The van der Waals surface area contributed by atoms with Gasteiger partial charge in [0.1, 0.15) is 5.60 Å².